The summed E-state index contributed by atoms with van der Waals surface area (Å²) in [7, 11) is 0. The van der Waals surface area contributed by atoms with E-state index in [1.807, 2.05) is 0 Å². The zero-order valence-corrected chi connectivity index (χ0v) is 15.6. The van der Waals surface area contributed by atoms with Crippen molar-refractivity contribution in [3.63, 3.8) is 0 Å². The Labute approximate surface area is 152 Å². The van der Waals surface area contributed by atoms with Gasteiger partial charge in [0.25, 0.3) is 0 Å². The van der Waals surface area contributed by atoms with Crippen molar-refractivity contribution >= 4 is 40.7 Å². The topological polar surface area (TPSA) is 90.9 Å². The molecule has 8 heteroatoms. The van der Waals surface area contributed by atoms with E-state index in [9.17, 15) is 14.4 Å². The van der Waals surface area contributed by atoms with Crippen LogP contribution in [0.3, 0.4) is 0 Å². The second-order valence-electron chi connectivity index (χ2n) is 5.40. The SMILES string of the molecule is CCN(CC)C(=O)C(=O)N/N=C(\C)CC(=O)Nc1cccc(Cl)c1C. The molecular weight excluding hydrogens is 344 g/mol. The van der Waals surface area contributed by atoms with E-state index >= 15 is 0 Å². The summed E-state index contributed by atoms with van der Waals surface area (Å²) < 4.78 is 0. The third-order valence-electron chi connectivity index (χ3n) is 3.55. The zero-order chi connectivity index (χ0) is 19.0. The van der Waals surface area contributed by atoms with Crippen LogP contribution in [0.15, 0.2) is 23.3 Å². The molecule has 0 unspecified atom stereocenters. The molecule has 0 saturated carbocycles. The number of nitrogens with zero attached hydrogens (tertiary/aromatic N) is 2. The Hall–Kier alpha value is -2.41. The lowest BCUT2D eigenvalue weighted by atomic mass is 10.2. The smallest absolute Gasteiger partial charge is 0.329 e. The van der Waals surface area contributed by atoms with Crippen molar-refractivity contribution in [1.82, 2.24) is 10.3 Å². The molecule has 0 atom stereocenters. The fraction of sp³-hybridized carbons (Fsp3) is 0.412. The van der Waals surface area contributed by atoms with Gasteiger partial charge in [0, 0.05) is 29.5 Å². The predicted octanol–water partition coefficient (Wildman–Crippen LogP) is 2.34. The molecule has 1 aromatic carbocycles. The van der Waals surface area contributed by atoms with Crippen molar-refractivity contribution in [3.8, 4) is 0 Å². The van der Waals surface area contributed by atoms with Crippen molar-refractivity contribution in [2.45, 2.75) is 34.1 Å². The molecule has 0 bridgehead atoms. The molecule has 1 rings (SSSR count). The number of nitrogens with one attached hydrogen (secondary N) is 2. The average molecular weight is 367 g/mol. The average Bonchev–Trinajstić information content (AvgIpc) is 2.57. The number of carbonyl (C=O) groups is 3. The third-order valence-corrected chi connectivity index (χ3v) is 3.96. The maximum Gasteiger partial charge on any atom is 0.329 e. The fourth-order valence-corrected chi connectivity index (χ4v) is 2.23. The molecule has 7 nitrogen and oxygen atoms in total. The molecule has 136 valence electrons. The van der Waals surface area contributed by atoms with Crippen LogP contribution in [0.2, 0.25) is 5.02 Å². The normalized spacial score (nSPS) is 11.0. The van der Waals surface area contributed by atoms with Gasteiger partial charge in [0.2, 0.25) is 5.91 Å². The van der Waals surface area contributed by atoms with Crippen molar-refractivity contribution < 1.29 is 14.4 Å². The van der Waals surface area contributed by atoms with Crippen molar-refractivity contribution in [2.75, 3.05) is 18.4 Å². The fourth-order valence-electron chi connectivity index (χ4n) is 2.06. The van der Waals surface area contributed by atoms with Crippen molar-refractivity contribution in [1.29, 1.82) is 0 Å². The van der Waals surface area contributed by atoms with Crippen LogP contribution in [0, 0.1) is 6.92 Å². The lowest BCUT2D eigenvalue weighted by Gasteiger charge is -2.16. The van der Waals surface area contributed by atoms with Gasteiger partial charge in [0.1, 0.15) is 0 Å². The van der Waals surface area contributed by atoms with Crippen LogP contribution in [-0.2, 0) is 14.4 Å². The molecule has 0 aliphatic rings. The number of hydrogen-bond donors (Lipinski definition) is 2. The maximum absolute atomic E-state index is 12.0. The van der Waals surface area contributed by atoms with Gasteiger partial charge < -0.3 is 10.2 Å². The minimum absolute atomic E-state index is 0.0221. The molecule has 25 heavy (non-hydrogen) atoms. The van der Waals surface area contributed by atoms with Crippen LogP contribution in [0.1, 0.15) is 32.8 Å². The van der Waals surface area contributed by atoms with E-state index in [0.717, 1.165) is 5.56 Å². The highest BCUT2D eigenvalue weighted by molar-refractivity contribution is 6.35. The summed E-state index contributed by atoms with van der Waals surface area (Å²) in [6.07, 6.45) is -0.0221. The van der Waals surface area contributed by atoms with Crippen LogP contribution in [0.5, 0.6) is 0 Å². The van der Waals surface area contributed by atoms with Gasteiger partial charge in [-0.25, -0.2) is 5.43 Å². The number of benzene rings is 1. The van der Waals surface area contributed by atoms with Gasteiger partial charge in [-0.3, -0.25) is 14.4 Å². The molecule has 0 heterocycles. The van der Waals surface area contributed by atoms with Gasteiger partial charge in [0.15, 0.2) is 0 Å². The number of rotatable bonds is 6. The maximum atomic E-state index is 12.0. The molecule has 1 aromatic rings. The summed E-state index contributed by atoms with van der Waals surface area (Å²) in [5, 5.41) is 7.10. The Morgan fingerprint density at radius 3 is 2.44 bits per heavy atom. The van der Waals surface area contributed by atoms with Crippen LogP contribution in [0.4, 0.5) is 5.69 Å². The molecule has 0 aliphatic heterocycles. The zero-order valence-electron chi connectivity index (χ0n) is 14.9. The molecule has 0 saturated heterocycles. The third kappa shape index (κ3) is 6.19. The summed E-state index contributed by atoms with van der Waals surface area (Å²) in [4.78, 5) is 37.0. The number of carbonyl (C=O) groups excluding carboxylic acids is 3. The van der Waals surface area contributed by atoms with Gasteiger partial charge in [-0.1, -0.05) is 17.7 Å². The minimum Gasteiger partial charge on any atom is -0.335 e. The van der Waals surface area contributed by atoms with Gasteiger partial charge in [-0.05, 0) is 45.4 Å². The van der Waals surface area contributed by atoms with E-state index in [2.05, 4.69) is 15.8 Å². The Morgan fingerprint density at radius 1 is 1.20 bits per heavy atom. The molecule has 3 amide bonds. The van der Waals surface area contributed by atoms with E-state index in [4.69, 9.17) is 11.6 Å². The Bertz CT molecular complexity index is 684. The number of hydrazone groups is 1. The van der Waals surface area contributed by atoms with Gasteiger partial charge in [-0.2, -0.15) is 5.10 Å². The summed E-state index contributed by atoms with van der Waals surface area (Å²) in [5.41, 5.74) is 3.94. The standard InChI is InChI=1S/C17H23ClN4O3/c1-5-22(6-2)17(25)16(24)21-20-11(3)10-15(23)19-14-9-7-8-13(18)12(14)4/h7-9H,5-6,10H2,1-4H3,(H,19,23)(H,21,24)/b20-11+. The number of amides is 3. The van der Waals surface area contributed by atoms with E-state index < -0.39 is 11.8 Å². The van der Waals surface area contributed by atoms with E-state index in [1.54, 1.807) is 45.9 Å². The largest absolute Gasteiger partial charge is 0.335 e. The number of halogens is 1. The van der Waals surface area contributed by atoms with Gasteiger partial charge >= 0.3 is 11.8 Å². The van der Waals surface area contributed by atoms with E-state index in [0.29, 0.717) is 29.5 Å². The Kier molecular flexibility index (Phi) is 8.07. The van der Waals surface area contributed by atoms with Crippen LogP contribution < -0.4 is 10.7 Å². The van der Waals surface area contributed by atoms with Crippen LogP contribution in [-0.4, -0.2) is 41.4 Å². The highest BCUT2D eigenvalue weighted by Gasteiger charge is 2.18. The molecule has 0 radical (unpaired) electrons. The Morgan fingerprint density at radius 2 is 1.84 bits per heavy atom. The predicted molar refractivity (Wildman–Crippen MR) is 98.6 cm³/mol. The summed E-state index contributed by atoms with van der Waals surface area (Å²) >= 11 is 6.01. The van der Waals surface area contributed by atoms with E-state index in [1.165, 1.54) is 4.90 Å². The molecule has 2 N–H and O–H groups in total. The highest BCUT2D eigenvalue weighted by atomic mass is 35.5. The highest BCUT2D eigenvalue weighted by Crippen LogP contribution is 2.22. The van der Waals surface area contributed by atoms with Gasteiger partial charge in [-0.15, -0.1) is 0 Å². The number of likely N-dealkylation sites (N-methyl/N-ethyl adjacent to an activating group) is 1. The second-order valence-corrected chi connectivity index (χ2v) is 5.81. The quantitative estimate of drug-likeness (QED) is 0.460. The molecule has 0 aromatic heterocycles. The molecule has 0 aliphatic carbocycles. The number of hydrogen-bond acceptors (Lipinski definition) is 4. The van der Waals surface area contributed by atoms with Crippen LogP contribution in [0.25, 0.3) is 0 Å². The van der Waals surface area contributed by atoms with Crippen LogP contribution >= 0.6 is 11.6 Å². The Balaban J connectivity index is 2.60. The van der Waals surface area contributed by atoms with E-state index in [-0.39, 0.29) is 12.3 Å². The molecular formula is C17H23ClN4O3. The first kappa shape index (κ1) is 20.6. The van der Waals surface area contributed by atoms with Crippen molar-refractivity contribution in [3.05, 3.63) is 28.8 Å². The first-order chi connectivity index (χ1) is 11.8. The lowest BCUT2D eigenvalue weighted by molar-refractivity contribution is -0.145. The lowest BCUT2D eigenvalue weighted by Crippen LogP contribution is -2.41. The number of anilines is 1. The van der Waals surface area contributed by atoms with Gasteiger partial charge in [0.05, 0.1) is 6.42 Å². The molecule has 0 fully saturated rings. The monoisotopic (exact) mass is 366 g/mol. The summed E-state index contributed by atoms with van der Waals surface area (Å²) in [6.45, 7) is 7.83. The minimum atomic E-state index is -0.825. The van der Waals surface area contributed by atoms with Crippen molar-refractivity contribution in [2.24, 2.45) is 5.10 Å². The second kappa shape index (κ2) is 9.78. The summed E-state index contributed by atoms with van der Waals surface area (Å²) in [5.74, 6) is -1.77. The summed E-state index contributed by atoms with van der Waals surface area (Å²) in [6, 6.07) is 5.22. The first-order valence-corrected chi connectivity index (χ1v) is 8.35. The first-order valence-electron chi connectivity index (χ1n) is 7.97. The molecule has 0 spiro atoms.